The Bertz CT molecular complexity index is 107. The van der Waals surface area contributed by atoms with Gasteiger partial charge in [0.15, 0.2) is 0 Å². The molecule has 0 aromatic heterocycles. The van der Waals surface area contributed by atoms with E-state index in [0.29, 0.717) is 0 Å². The predicted molar refractivity (Wildman–Crippen MR) is 36.2 cm³/mol. The average molecular weight is 128 g/mol. The maximum Gasteiger partial charge on any atom is 0.303 e. The van der Waals surface area contributed by atoms with Crippen LogP contribution in [0.25, 0.3) is 0 Å². The van der Waals surface area contributed by atoms with Gasteiger partial charge in [-0.15, -0.1) is 6.58 Å². The second-order valence-electron chi connectivity index (χ2n) is 2.23. The molecule has 1 N–H and O–H groups in total. The van der Waals surface area contributed by atoms with E-state index in [9.17, 15) is 4.79 Å². The fourth-order valence-corrected chi connectivity index (χ4v) is 0.666. The molecule has 0 aliphatic rings. The van der Waals surface area contributed by atoms with E-state index in [1.807, 2.05) is 6.92 Å². The van der Waals surface area contributed by atoms with Gasteiger partial charge in [-0.3, -0.25) is 4.79 Å². The van der Waals surface area contributed by atoms with Gasteiger partial charge >= 0.3 is 5.97 Å². The van der Waals surface area contributed by atoms with E-state index < -0.39 is 5.97 Å². The van der Waals surface area contributed by atoms with Gasteiger partial charge in [-0.25, -0.2) is 0 Å². The second-order valence-corrected chi connectivity index (χ2v) is 2.23. The Kier molecular flexibility index (Phi) is 3.76. The van der Waals surface area contributed by atoms with Gasteiger partial charge in [-0.1, -0.05) is 13.0 Å². The van der Waals surface area contributed by atoms with Crippen molar-refractivity contribution in [1.82, 2.24) is 0 Å². The van der Waals surface area contributed by atoms with Gasteiger partial charge in [-0.05, 0) is 12.3 Å². The zero-order valence-electron chi connectivity index (χ0n) is 5.63. The molecule has 0 saturated carbocycles. The van der Waals surface area contributed by atoms with Gasteiger partial charge in [0.2, 0.25) is 0 Å². The molecular weight excluding hydrogens is 116 g/mol. The SMILES string of the molecule is C=CC[C@@H](C)CC(=O)O. The molecule has 52 valence electrons. The van der Waals surface area contributed by atoms with Crippen molar-refractivity contribution in [3.63, 3.8) is 0 Å². The molecule has 0 unspecified atom stereocenters. The van der Waals surface area contributed by atoms with Gasteiger partial charge < -0.3 is 5.11 Å². The summed E-state index contributed by atoms with van der Waals surface area (Å²) < 4.78 is 0. The van der Waals surface area contributed by atoms with E-state index in [-0.39, 0.29) is 12.3 Å². The maximum absolute atomic E-state index is 10.1. The van der Waals surface area contributed by atoms with Crippen LogP contribution in [0.1, 0.15) is 19.8 Å². The summed E-state index contributed by atoms with van der Waals surface area (Å²) in [6.07, 6.45) is 2.77. The molecule has 0 amide bonds. The molecule has 2 nitrogen and oxygen atoms in total. The predicted octanol–water partition coefficient (Wildman–Crippen LogP) is 1.67. The van der Waals surface area contributed by atoms with Crippen LogP contribution >= 0.6 is 0 Å². The summed E-state index contributed by atoms with van der Waals surface area (Å²) in [6.45, 7) is 5.41. The monoisotopic (exact) mass is 128 g/mol. The highest BCUT2D eigenvalue weighted by Gasteiger charge is 2.03. The standard InChI is InChI=1S/C7H12O2/c1-3-4-6(2)5-7(8)9/h3,6H,1,4-5H2,2H3,(H,8,9)/t6-/m1/s1. The van der Waals surface area contributed by atoms with Crippen LogP contribution in [0.15, 0.2) is 12.7 Å². The van der Waals surface area contributed by atoms with Crippen molar-refractivity contribution in [2.45, 2.75) is 19.8 Å². The minimum atomic E-state index is -0.732. The molecule has 0 rings (SSSR count). The van der Waals surface area contributed by atoms with Crippen LogP contribution in [0.2, 0.25) is 0 Å². The summed E-state index contributed by atoms with van der Waals surface area (Å²) in [7, 11) is 0. The van der Waals surface area contributed by atoms with Crippen molar-refractivity contribution in [2.24, 2.45) is 5.92 Å². The average Bonchev–Trinajstić information content (AvgIpc) is 1.63. The number of hydrogen-bond acceptors (Lipinski definition) is 1. The summed E-state index contributed by atoms with van der Waals surface area (Å²) in [5.41, 5.74) is 0. The van der Waals surface area contributed by atoms with Crippen molar-refractivity contribution in [3.8, 4) is 0 Å². The van der Waals surface area contributed by atoms with Gasteiger partial charge in [0, 0.05) is 6.42 Å². The number of carboxylic acids is 1. The Morgan fingerprint density at radius 1 is 1.89 bits per heavy atom. The molecule has 0 heterocycles. The first-order valence-corrected chi connectivity index (χ1v) is 2.99. The van der Waals surface area contributed by atoms with E-state index in [2.05, 4.69) is 6.58 Å². The van der Waals surface area contributed by atoms with Crippen LogP contribution in [0, 0.1) is 5.92 Å². The lowest BCUT2D eigenvalue weighted by Gasteiger charge is -2.01. The fourth-order valence-electron chi connectivity index (χ4n) is 0.666. The van der Waals surface area contributed by atoms with Crippen LogP contribution < -0.4 is 0 Å². The largest absolute Gasteiger partial charge is 0.481 e. The first-order chi connectivity index (χ1) is 4.16. The lowest BCUT2D eigenvalue weighted by atomic mass is 10.0. The fraction of sp³-hybridized carbons (Fsp3) is 0.571. The molecule has 0 aliphatic carbocycles. The number of rotatable bonds is 4. The highest BCUT2D eigenvalue weighted by molar-refractivity contribution is 5.66. The molecule has 0 radical (unpaired) electrons. The molecule has 2 heteroatoms. The molecule has 0 saturated heterocycles. The number of carbonyl (C=O) groups is 1. The molecule has 0 spiro atoms. The molecule has 0 aromatic carbocycles. The highest BCUT2D eigenvalue weighted by atomic mass is 16.4. The van der Waals surface area contributed by atoms with Gasteiger partial charge in [0.25, 0.3) is 0 Å². The van der Waals surface area contributed by atoms with Gasteiger partial charge in [0.1, 0.15) is 0 Å². The molecule has 0 aliphatic heterocycles. The van der Waals surface area contributed by atoms with E-state index in [1.54, 1.807) is 6.08 Å². The second kappa shape index (κ2) is 4.13. The van der Waals surface area contributed by atoms with Crippen molar-refractivity contribution >= 4 is 5.97 Å². The molecule has 1 atom stereocenters. The molecule has 0 bridgehead atoms. The van der Waals surface area contributed by atoms with Crippen molar-refractivity contribution in [2.75, 3.05) is 0 Å². The summed E-state index contributed by atoms with van der Waals surface area (Å²) in [5, 5.41) is 8.28. The number of hydrogen-bond donors (Lipinski definition) is 1. The Labute approximate surface area is 55.2 Å². The number of aliphatic carboxylic acids is 1. The van der Waals surface area contributed by atoms with Gasteiger partial charge in [-0.2, -0.15) is 0 Å². The van der Waals surface area contributed by atoms with E-state index >= 15 is 0 Å². The maximum atomic E-state index is 10.1. The summed E-state index contributed by atoms with van der Waals surface area (Å²) in [5.74, 6) is -0.510. The molecule has 0 aromatic rings. The van der Waals surface area contributed by atoms with Crippen LogP contribution in [0.5, 0.6) is 0 Å². The van der Waals surface area contributed by atoms with E-state index in [0.717, 1.165) is 6.42 Å². The first-order valence-electron chi connectivity index (χ1n) is 2.99. The van der Waals surface area contributed by atoms with Crippen LogP contribution in [0.4, 0.5) is 0 Å². The molecular formula is C7H12O2. The minimum Gasteiger partial charge on any atom is -0.481 e. The third kappa shape index (κ3) is 5.07. The third-order valence-electron chi connectivity index (χ3n) is 1.09. The summed E-state index contributed by atoms with van der Waals surface area (Å²) >= 11 is 0. The molecule has 9 heavy (non-hydrogen) atoms. The zero-order valence-corrected chi connectivity index (χ0v) is 5.63. The molecule has 0 fully saturated rings. The Morgan fingerprint density at radius 3 is 2.78 bits per heavy atom. The summed E-state index contributed by atoms with van der Waals surface area (Å²) in [4.78, 5) is 10.1. The van der Waals surface area contributed by atoms with Crippen LogP contribution in [-0.2, 0) is 4.79 Å². The highest BCUT2D eigenvalue weighted by Crippen LogP contribution is 2.06. The Balaban J connectivity index is 3.37. The van der Waals surface area contributed by atoms with E-state index in [4.69, 9.17) is 5.11 Å². The quantitative estimate of drug-likeness (QED) is 0.585. The normalized spacial score (nSPS) is 12.6. The van der Waals surface area contributed by atoms with Crippen LogP contribution in [0.3, 0.4) is 0 Å². The van der Waals surface area contributed by atoms with Gasteiger partial charge in [0.05, 0.1) is 0 Å². The lowest BCUT2D eigenvalue weighted by Crippen LogP contribution is -2.02. The van der Waals surface area contributed by atoms with Crippen molar-refractivity contribution in [1.29, 1.82) is 0 Å². The summed E-state index contributed by atoms with van der Waals surface area (Å²) in [6, 6.07) is 0. The van der Waals surface area contributed by atoms with E-state index in [1.165, 1.54) is 0 Å². The van der Waals surface area contributed by atoms with Crippen molar-refractivity contribution in [3.05, 3.63) is 12.7 Å². The number of carboxylic acid groups (broad SMARTS) is 1. The topological polar surface area (TPSA) is 37.3 Å². The zero-order chi connectivity index (χ0) is 7.28. The smallest absolute Gasteiger partial charge is 0.303 e. The van der Waals surface area contributed by atoms with Crippen molar-refractivity contribution < 1.29 is 9.90 Å². The Morgan fingerprint density at radius 2 is 2.44 bits per heavy atom. The lowest BCUT2D eigenvalue weighted by molar-refractivity contribution is -0.137. The first kappa shape index (κ1) is 8.21. The third-order valence-corrected chi connectivity index (χ3v) is 1.09. The Hall–Kier alpha value is -0.790. The number of allylic oxidation sites excluding steroid dienone is 1. The minimum absolute atomic E-state index is 0.222. The van der Waals surface area contributed by atoms with Crippen LogP contribution in [-0.4, -0.2) is 11.1 Å².